The fourth-order valence-electron chi connectivity index (χ4n) is 1.34. The Bertz CT molecular complexity index is 496. The lowest BCUT2D eigenvalue weighted by Gasteiger charge is -2.04. The van der Waals surface area contributed by atoms with Gasteiger partial charge in [-0.15, -0.1) is 11.8 Å². The average molecular weight is 235 g/mol. The number of thioether (sulfide) groups is 1. The Hall–Kier alpha value is -1.49. The van der Waals surface area contributed by atoms with Crippen molar-refractivity contribution in [2.24, 2.45) is 0 Å². The molecule has 1 aromatic carbocycles. The lowest BCUT2D eigenvalue weighted by atomic mass is 10.2. The zero-order valence-electron chi connectivity index (χ0n) is 9.23. The van der Waals surface area contributed by atoms with E-state index in [1.165, 1.54) is 0 Å². The molecule has 5 heteroatoms. The molecule has 0 aliphatic rings. The molecule has 0 unspecified atom stereocenters. The van der Waals surface area contributed by atoms with E-state index in [0.717, 1.165) is 16.1 Å². The average Bonchev–Trinajstić information content (AvgIpc) is 2.63. The zero-order valence-corrected chi connectivity index (χ0v) is 10.0. The van der Waals surface area contributed by atoms with Gasteiger partial charge in [0.05, 0.1) is 5.75 Å². The Kier molecular flexibility index (Phi) is 3.14. The van der Waals surface area contributed by atoms with Crippen LogP contribution in [0.4, 0.5) is 5.69 Å². The van der Waals surface area contributed by atoms with E-state index in [1.54, 1.807) is 18.7 Å². The molecular weight excluding hydrogens is 222 g/mol. The molecular formula is C11H13N3OS. The third kappa shape index (κ3) is 2.55. The van der Waals surface area contributed by atoms with Crippen molar-refractivity contribution in [3.63, 3.8) is 0 Å². The van der Waals surface area contributed by atoms with E-state index in [2.05, 4.69) is 10.1 Å². The molecule has 1 aromatic heterocycles. The molecule has 16 heavy (non-hydrogen) atoms. The van der Waals surface area contributed by atoms with Crippen LogP contribution in [0.3, 0.4) is 0 Å². The highest BCUT2D eigenvalue weighted by atomic mass is 32.2. The van der Waals surface area contributed by atoms with Gasteiger partial charge in [0.1, 0.15) is 0 Å². The summed E-state index contributed by atoms with van der Waals surface area (Å²) in [5.41, 5.74) is 7.86. The molecule has 0 aliphatic carbocycles. The second-order valence-corrected chi connectivity index (χ2v) is 4.58. The van der Waals surface area contributed by atoms with Crippen LogP contribution in [-0.2, 0) is 5.75 Å². The molecule has 2 N–H and O–H groups in total. The summed E-state index contributed by atoms with van der Waals surface area (Å²) in [6, 6.07) is 6.01. The number of benzene rings is 1. The lowest BCUT2D eigenvalue weighted by molar-refractivity contribution is 0.387. The van der Waals surface area contributed by atoms with Crippen molar-refractivity contribution in [3.8, 4) is 0 Å². The van der Waals surface area contributed by atoms with Crippen LogP contribution in [0.2, 0.25) is 0 Å². The van der Waals surface area contributed by atoms with E-state index < -0.39 is 0 Å². The van der Waals surface area contributed by atoms with Gasteiger partial charge in [-0.1, -0.05) is 11.2 Å². The predicted molar refractivity (Wildman–Crippen MR) is 64.2 cm³/mol. The van der Waals surface area contributed by atoms with Gasteiger partial charge in [0, 0.05) is 10.6 Å². The van der Waals surface area contributed by atoms with Crippen LogP contribution in [0, 0.1) is 13.8 Å². The standard InChI is InChI=1S/C11H13N3OS/c1-7-3-4-10(9(12)5-7)16-6-11-13-8(2)14-15-11/h3-5H,6,12H2,1-2H3. The van der Waals surface area contributed by atoms with Gasteiger partial charge in [0.25, 0.3) is 0 Å². The van der Waals surface area contributed by atoms with Gasteiger partial charge in [-0.05, 0) is 31.5 Å². The molecule has 0 radical (unpaired) electrons. The van der Waals surface area contributed by atoms with Crippen molar-refractivity contribution in [1.29, 1.82) is 0 Å². The lowest BCUT2D eigenvalue weighted by Crippen LogP contribution is -1.90. The first-order valence-electron chi connectivity index (χ1n) is 4.93. The molecule has 0 atom stereocenters. The van der Waals surface area contributed by atoms with E-state index in [4.69, 9.17) is 10.3 Å². The minimum Gasteiger partial charge on any atom is -0.398 e. The Balaban J connectivity index is 2.04. The molecule has 0 bridgehead atoms. The second kappa shape index (κ2) is 4.57. The first-order valence-corrected chi connectivity index (χ1v) is 5.92. The van der Waals surface area contributed by atoms with Gasteiger partial charge in [0.2, 0.25) is 5.89 Å². The van der Waals surface area contributed by atoms with Crippen LogP contribution in [0.25, 0.3) is 0 Å². The van der Waals surface area contributed by atoms with Crippen LogP contribution in [-0.4, -0.2) is 10.1 Å². The van der Waals surface area contributed by atoms with E-state index >= 15 is 0 Å². The summed E-state index contributed by atoms with van der Waals surface area (Å²) in [4.78, 5) is 5.18. The summed E-state index contributed by atoms with van der Waals surface area (Å²) in [6.07, 6.45) is 0. The Morgan fingerprint density at radius 3 is 2.81 bits per heavy atom. The van der Waals surface area contributed by atoms with E-state index in [-0.39, 0.29) is 0 Å². The summed E-state index contributed by atoms with van der Waals surface area (Å²) < 4.78 is 5.03. The molecule has 0 spiro atoms. The normalized spacial score (nSPS) is 10.6. The van der Waals surface area contributed by atoms with Crippen molar-refractivity contribution in [3.05, 3.63) is 35.5 Å². The summed E-state index contributed by atoms with van der Waals surface area (Å²) >= 11 is 1.60. The quantitative estimate of drug-likeness (QED) is 0.654. The Morgan fingerprint density at radius 1 is 1.38 bits per heavy atom. The second-order valence-electron chi connectivity index (χ2n) is 3.57. The molecule has 0 saturated heterocycles. The molecule has 84 valence electrons. The van der Waals surface area contributed by atoms with Gasteiger partial charge in [0.15, 0.2) is 5.82 Å². The third-order valence-electron chi connectivity index (χ3n) is 2.09. The van der Waals surface area contributed by atoms with Crippen molar-refractivity contribution in [1.82, 2.24) is 10.1 Å². The predicted octanol–water partition coefficient (Wildman–Crippen LogP) is 2.56. The number of hydrogen-bond acceptors (Lipinski definition) is 5. The minimum atomic E-state index is 0.627. The Labute approximate surface area is 98.2 Å². The van der Waals surface area contributed by atoms with Gasteiger partial charge in [-0.3, -0.25) is 0 Å². The third-order valence-corrected chi connectivity index (χ3v) is 3.16. The van der Waals surface area contributed by atoms with Crippen molar-refractivity contribution in [2.75, 3.05) is 5.73 Å². The summed E-state index contributed by atoms with van der Waals surface area (Å²) in [7, 11) is 0. The van der Waals surface area contributed by atoms with E-state index in [9.17, 15) is 0 Å². The first kappa shape index (κ1) is 11.0. The Morgan fingerprint density at radius 2 is 2.19 bits per heavy atom. The fourth-order valence-corrected chi connectivity index (χ4v) is 2.12. The largest absolute Gasteiger partial charge is 0.398 e. The number of aromatic nitrogens is 2. The summed E-state index contributed by atoms with van der Waals surface area (Å²) in [5, 5.41) is 3.73. The highest BCUT2D eigenvalue weighted by Gasteiger charge is 2.05. The maximum absolute atomic E-state index is 5.90. The van der Waals surface area contributed by atoms with Crippen molar-refractivity contribution >= 4 is 17.4 Å². The number of nitrogens with zero attached hydrogens (tertiary/aromatic N) is 2. The maximum Gasteiger partial charge on any atom is 0.236 e. The topological polar surface area (TPSA) is 64.9 Å². The SMILES string of the molecule is Cc1ccc(SCc2nc(C)no2)c(N)c1. The van der Waals surface area contributed by atoms with Crippen LogP contribution < -0.4 is 5.73 Å². The van der Waals surface area contributed by atoms with Crippen LogP contribution in [0.1, 0.15) is 17.3 Å². The fraction of sp³-hybridized carbons (Fsp3) is 0.273. The van der Waals surface area contributed by atoms with Crippen LogP contribution >= 0.6 is 11.8 Å². The van der Waals surface area contributed by atoms with Gasteiger partial charge in [-0.25, -0.2) is 0 Å². The summed E-state index contributed by atoms with van der Waals surface area (Å²) in [6.45, 7) is 3.82. The van der Waals surface area contributed by atoms with E-state index in [1.807, 2.05) is 25.1 Å². The number of anilines is 1. The number of rotatable bonds is 3. The molecule has 0 aliphatic heterocycles. The molecule has 1 heterocycles. The molecule has 2 rings (SSSR count). The minimum absolute atomic E-state index is 0.627. The zero-order chi connectivity index (χ0) is 11.5. The smallest absolute Gasteiger partial charge is 0.236 e. The molecule has 2 aromatic rings. The number of aryl methyl sites for hydroxylation is 2. The number of hydrogen-bond donors (Lipinski definition) is 1. The molecule has 4 nitrogen and oxygen atoms in total. The summed E-state index contributed by atoms with van der Waals surface area (Å²) in [5.74, 6) is 1.93. The maximum atomic E-state index is 5.90. The van der Waals surface area contributed by atoms with Gasteiger partial charge >= 0.3 is 0 Å². The van der Waals surface area contributed by atoms with Crippen LogP contribution in [0.5, 0.6) is 0 Å². The van der Waals surface area contributed by atoms with Crippen LogP contribution in [0.15, 0.2) is 27.6 Å². The van der Waals surface area contributed by atoms with Gasteiger partial charge in [-0.2, -0.15) is 4.98 Å². The molecule has 0 amide bonds. The van der Waals surface area contributed by atoms with Gasteiger partial charge < -0.3 is 10.3 Å². The molecule has 0 fully saturated rings. The highest BCUT2D eigenvalue weighted by Crippen LogP contribution is 2.28. The number of nitrogen functional groups attached to an aromatic ring is 1. The number of nitrogens with two attached hydrogens (primary N) is 1. The van der Waals surface area contributed by atoms with Crippen molar-refractivity contribution < 1.29 is 4.52 Å². The van der Waals surface area contributed by atoms with Crippen molar-refractivity contribution in [2.45, 2.75) is 24.5 Å². The molecule has 0 saturated carbocycles. The monoisotopic (exact) mass is 235 g/mol. The van der Waals surface area contributed by atoms with E-state index in [0.29, 0.717) is 17.5 Å². The highest BCUT2D eigenvalue weighted by molar-refractivity contribution is 7.98. The first-order chi connectivity index (χ1) is 7.65.